The van der Waals surface area contributed by atoms with Gasteiger partial charge in [-0.15, -0.1) is 11.3 Å². The maximum absolute atomic E-state index is 5.75. The van der Waals surface area contributed by atoms with E-state index in [0.717, 1.165) is 12.8 Å². The van der Waals surface area contributed by atoms with Crippen LogP contribution in [0.5, 0.6) is 0 Å². The van der Waals surface area contributed by atoms with Crippen LogP contribution >= 0.6 is 23.6 Å². The van der Waals surface area contributed by atoms with Crippen LogP contribution in [0.15, 0.2) is 17.5 Å². The average Bonchev–Trinajstić information content (AvgIpc) is 2.70. The van der Waals surface area contributed by atoms with Crippen LogP contribution in [0.2, 0.25) is 0 Å². The highest BCUT2D eigenvalue weighted by Gasteiger charge is 2.20. The molecule has 0 aromatic carbocycles. The minimum atomic E-state index is 0.213. The Bertz CT molecular complexity index is 322. The van der Waals surface area contributed by atoms with Crippen LogP contribution in [-0.4, -0.2) is 29.0 Å². The lowest BCUT2D eigenvalue weighted by atomic mass is 10.1. The van der Waals surface area contributed by atoms with Crippen molar-refractivity contribution in [2.24, 2.45) is 5.73 Å². The molecule has 1 aromatic rings. The summed E-state index contributed by atoms with van der Waals surface area (Å²) in [7, 11) is 2.10. The van der Waals surface area contributed by atoms with Gasteiger partial charge in [0, 0.05) is 10.9 Å². The first-order valence-electron chi connectivity index (χ1n) is 5.59. The zero-order valence-corrected chi connectivity index (χ0v) is 11.8. The number of nitrogens with two attached hydrogens (primary N) is 1. The van der Waals surface area contributed by atoms with E-state index in [4.69, 9.17) is 18.0 Å². The second kappa shape index (κ2) is 6.33. The van der Waals surface area contributed by atoms with Crippen molar-refractivity contribution in [1.82, 2.24) is 4.90 Å². The molecule has 0 amide bonds. The highest BCUT2D eigenvalue weighted by atomic mass is 32.1. The maximum atomic E-state index is 5.75. The molecule has 2 nitrogen and oxygen atoms in total. The molecule has 1 heterocycles. The topological polar surface area (TPSA) is 29.3 Å². The predicted octanol–water partition coefficient (Wildman–Crippen LogP) is 2.68. The molecule has 0 aliphatic rings. The van der Waals surface area contributed by atoms with Gasteiger partial charge in [0.15, 0.2) is 0 Å². The smallest absolute Gasteiger partial charge is 0.0901 e. The zero-order valence-electron chi connectivity index (χ0n) is 10.1. The first-order valence-corrected chi connectivity index (χ1v) is 6.88. The van der Waals surface area contributed by atoms with Crippen LogP contribution in [0.4, 0.5) is 0 Å². The monoisotopic (exact) mass is 256 g/mol. The van der Waals surface area contributed by atoms with Gasteiger partial charge < -0.3 is 5.73 Å². The van der Waals surface area contributed by atoms with Crippen molar-refractivity contribution in [3.8, 4) is 0 Å². The third-order valence-corrected chi connectivity index (χ3v) is 4.15. The van der Waals surface area contributed by atoms with Crippen LogP contribution in [0.25, 0.3) is 0 Å². The molecule has 0 radical (unpaired) electrons. The van der Waals surface area contributed by atoms with Gasteiger partial charge in [-0.1, -0.05) is 25.2 Å². The Morgan fingerprint density at radius 2 is 2.31 bits per heavy atom. The highest BCUT2D eigenvalue weighted by Crippen LogP contribution is 2.16. The number of rotatable bonds is 6. The maximum Gasteiger partial charge on any atom is 0.0901 e. The molecule has 2 atom stereocenters. The van der Waals surface area contributed by atoms with E-state index in [0.29, 0.717) is 11.0 Å². The molecule has 1 rings (SSSR count). The van der Waals surface area contributed by atoms with Crippen molar-refractivity contribution in [3.05, 3.63) is 22.4 Å². The van der Waals surface area contributed by atoms with E-state index in [1.807, 2.05) is 0 Å². The number of hydrogen-bond acceptors (Lipinski definition) is 3. The van der Waals surface area contributed by atoms with E-state index in [1.54, 1.807) is 11.3 Å². The van der Waals surface area contributed by atoms with Crippen LogP contribution < -0.4 is 5.73 Å². The van der Waals surface area contributed by atoms with Crippen LogP contribution in [-0.2, 0) is 6.42 Å². The summed E-state index contributed by atoms with van der Waals surface area (Å²) in [6.45, 7) is 4.35. The number of nitrogens with zero attached hydrogens (tertiary/aromatic N) is 1. The number of hydrogen-bond donors (Lipinski definition) is 1. The molecule has 2 unspecified atom stereocenters. The summed E-state index contributed by atoms with van der Waals surface area (Å²) in [5.41, 5.74) is 5.75. The molecule has 0 aliphatic heterocycles. The Labute approximate surface area is 107 Å². The number of likely N-dealkylation sites (N-methyl/N-ethyl adjacent to an activating group) is 1. The van der Waals surface area contributed by atoms with Gasteiger partial charge in [-0.25, -0.2) is 0 Å². The minimum Gasteiger partial charge on any atom is -0.392 e. The Hall–Kier alpha value is -0.450. The summed E-state index contributed by atoms with van der Waals surface area (Å²) in [5.74, 6) is 0. The van der Waals surface area contributed by atoms with Gasteiger partial charge in [-0.2, -0.15) is 0 Å². The van der Waals surface area contributed by atoms with Crippen molar-refractivity contribution in [3.63, 3.8) is 0 Å². The molecule has 4 heteroatoms. The average molecular weight is 256 g/mol. The molecule has 0 bridgehead atoms. The summed E-state index contributed by atoms with van der Waals surface area (Å²) in [5, 5.41) is 2.12. The number of thiocarbonyl (C=S) groups is 1. The SMILES string of the molecule is CCC(C(N)=S)N(C)C(C)Cc1cccs1. The lowest BCUT2D eigenvalue weighted by Crippen LogP contribution is -2.46. The standard InChI is InChI=1S/C12H20N2S2/c1-4-11(12(13)15)14(3)9(2)8-10-6-5-7-16-10/h5-7,9,11H,4,8H2,1-3H3,(H2,13,15). The van der Waals surface area contributed by atoms with Gasteiger partial charge in [0.2, 0.25) is 0 Å². The van der Waals surface area contributed by atoms with Crippen LogP contribution in [0, 0.1) is 0 Å². The Morgan fingerprint density at radius 3 is 2.75 bits per heavy atom. The van der Waals surface area contributed by atoms with Crippen molar-refractivity contribution >= 4 is 28.5 Å². The zero-order chi connectivity index (χ0) is 12.1. The second-order valence-corrected chi connectivity index (χ2v) is 5.63. The summed E-state index contributed by atoms with van der Waals surface area (Å²) in [4.78, 5) is 4.29. The third kappa shape index (κ3) is 3.54. The highest BCUT2D eigenvalue weighted by molar-refractivity contribution is 7.80. The fourth-order valence-corrected chi connectivity index (χ4v) is 3.02. The fourth-order valence-electron chi connectivity index (χ4n) is 1.86. The van der Waals surface area contributed by atoms with Crippen LogP contribution in [0.1, 0.15) is 25.1 Å². The molecule has 0 saturated carbocycles. The van der Waals surface area contributed by atoms with Gasteiger partial charge in [-0.05, 0) is 38.3 Å². The lowest BCUT2D eigenvalue weighted by Gasteiger charge is -2.31. The van der Waals surface area contributed by atoms with Crippen LogP contribution in [0.3, 0.4) is 0 Å². The molecule has 0 fully saturated rings. The molecular weight excluding hydrogens is 236 g/mol. The Balaban J connectivity index is 2.58. The quantitative estimate of drug-likeness (QED) is 0.794. The fraction of sp³-hybridized carbons (Fsp3) is 0.583. The number of thiophene rings is 1. The van der Waals surface area contributed by atoms with E-state index < -0.39 is 0 Å². The molecule has 90 valence electrons. The Morgan fingerprint density at radius 1 is 1.62 bits per heavy atom. The predicted molar refractivity (Wildman–Crippen MR) is 76.1 cm³/mol. The van der Waals surface area contributed by atoms with E-state index in [1.165, 1.54) is 4.88 Å². The van der Waals surface area contributed by atoms with Gasteiger partial charge in [0.25, 0.3) is 0 Å². The van der Waals surface area contributed by atoms with Crippen molar-refractivity contribution in [1.29, 1.82) is 0 Å². The molecular formula is C12H20N2S2. The second-order valence-electron chi connectivity index (χ2n) is 4.12. The molecule has 1 aromatic heterocycles. The van der Waals surface area contributed by atoms with E-state index in [2.05, 4.69) is 43.3 Å². The third-order valence-electron chi connectivity index (χ3n) is 2.98. The van der Waals surface area contributed by atoms with Gasteiger partial charge in [0.05, 0.1) is 11.0 Å². The van der Waals surface area contributed by atoms with E-state index >= 15 is 0 Å². The molecule has 0 aliphatic carbocycles. The van der Waals surface area contributed by atoms with Crippen molar-refractivity contribution in [2.75, 3.05) is 7.05 Å². The first-order chi connectivity index (χ1) is 7.56. The van der Waals surface area contributed by atoms with Gasteiger partial charge in [0.1, 0.15) is 0 Å². The summed E-state index contributed by atoms with van der Waals surface area (Å²) in [6.07, 6.45) is 2.04. The first kappa shape index (κ1) is 13.6. The van der Waals surface area contributed by atoms with Gasteiger partial charge in [-0.3, -0.25) is 4.90 Å². The molecule has 16 heavy (non-hydrogen) atoms. The Kier molecular flexibility index (Phi) is 5.38. The molecule has 0 saturated heterocycles. The summed E-state index contributed by atoms with van der Waals surface area (Å²) in [6, 6.07) is 4.95. The van der Waals surface area contributed by atoms with Gasteiger partial charge >= 0.3 is 0 Å². The normalized spacial score (nSPS) is 15.0. The molecule has 2 N–H and O–H groups in total. The summed E-state index contributed by atoms with van der Waals surface area (Å²) < 4.78 is 0. The van der Waals surface area contributed by atoms with Crippen molar-refractivity contribution < 1.29 is 0 Å². The van der Waals surface area contributed by atoms with Crippen molar-refractivity contribution in [2.45, 2.75) is 38.8 Å². The molecule has 0 spiro atoms. The minimum absolute atomic E-state index is 0.213. The van der Waals surface area contributed by atoms with E-state index in [9.17, 15) is 0 Å². The summed E-state index contributed by atoms with van der Waals surface area (Å²) >= 11 is 6.90. The lowest BCUT2D eigenvalue weighted by molar-refractivity contribution is 0.223. The largest absolute Gasteiger partial charge is 0.392 e. The van der Waals surface area contributed by atoms with E-state index in [-0.39, 0.29) is 6.04 Å².